The van der Waals surface area contributed by atoms with Gasteiger partial charge in [0.05, 0.1) is 5.60 Å². The van der Waals surface area contributed by atoms with Gasteiger partial charge in [-0.05, 0) is 24.1 Å². The summed E-state index contributed by atoms with van der Waals surface area (Å²) >= 11 is 0. The standard InChI is InChI=1S/C11H15F2NO/c1-2-11(15,7-14)6-8-3-4-9(12)10(13)5-8/h3-5,15H,2,6-7,14H2,1H3. The fourth-order valence-corrected chi connectivity index (χ4v) is 1.37. The summed E-state index contributed by atoms with van der Waals surface area (Å²) in [5.74, 6) is -1.78. The maximum atomic E-state index is 12.9. The number of benzene rings is 1. The van der Waals surface area contributed by atoms with Crippen LogP contribution in [0.5, 0.6) is 0 Å². The molecule has 0 radical (unpaired) electrons. The second-order valence-electron chi connectivity index (χ2n) is 3.71. The molecule has 1 aromatic rings. The van der Waals surface area contributed by atoms with Crippen LogP contribution in [0.15, 0.2) is 18.2 Å². The fraction of sp³-hybridized carbons (Fsp3) is 0.455. The summed E-state index contributed by atoms with van der Waals surface area (Å²) in [7, 11) is 0. The number of hydrogen-bond acceptors (Lipinski definition) is 2. The number of nitrogens with two attached hydrogens (primary N) is 1. The first-order valence-electron chi connectivity index (χ1n) is 4.87. The SMILES string of the molecule is CCC(O)(CN)Cc1ccc(F)c(F)c1. The summed E-state index contributed by atoms with van der Waals surface area (Å²) in [5.41, 5.74) is 4.92. The second-order valence-corrected chi connectivity index (χ2v) is 3.71. The van der Waals surface area contributed by atoms with E-state index in [2.05, 4.69) is 0 Å². The Morgan fingerprint density at radius 3 is 2.47 bits per heavy atom. The van der Waals surface area contributed by atoms with Gasteiger partial charge in [-0.1, -0.05) is 13.0 Å². The number of hydrogen-bond donors (Lipinski definition) is 2. The van der Waals surface area contributed by atoms with Gasteiger partial charge in [0.25, 0.3) is 0 Å². The highest BCUT2D eigenvalue weighted by atomic mass is 19.2. The van der Waals surface area contributed by atoms with E-state index in [1.54, 1.807) is 6.92 Å². The van der Waals surface area contributed by atoms with Gasteiger partial charge in [-0.15, -0.1) is 0 Å². The third kappa shape index (κ3) is 2.97. The first-order chi connectivity index (χ1) is 7.00. The van der Waals surface area contributed by atoms with Crippen molar-refractivity contribution in [2.75, 3.05) is 6.54 Å². The van der Waals surface area contributed by atoms with Crippen LogP contribution >= 0.6 is 0 Å². The van der Waals surface area contributed by atoms with Gasteiger partial charge in [-0.2, -0.15) is 0 Å². The van der Waals surface area contributed by atoms with Crippen molar-refractivity contribution in [1.29, 1.82) is 0 Å². The molecule has 0 bridgehead atoms. The lowest BCUT2D eigenvalue weighted by atomic mass is 9.92. The normalized spacial score (nSPS) is 15.0. The van der Waals surface area contributed by atoms with Gasteiger partial charge in [0, 0.05) is 13.0 Å². The minimum atomic E-state index is -1.04. The summed E-state index contributed by atoms with van der Waals surface area (Å²) < 4.78 is 25.5. The highest BCUT2D eigenvalue weighted by Crippen LogP contribution is 2.18. The Balaban J connectivity index is 2.85. The second kappa shape index (κ2) is 4.68. The van der Waals surface area contributed by atoms with E-state index in [1.807, 2.05) is 0 Å². The van der Waals surface area contributed by atoms with E-state index in [1.165, 1.54) is 6.07 Å². The lowest BCUT2D eigenvalue weighted by Gasteiger charge is -2.24. The molecule has 0 saturated heterocycles. The smallest absolute Gasteiger partial charge is 0.159 e. The fourth-order valence-electron chi connectivity index (χ4n) is 1.37. The summed E-state index contributed by atoms with van der Waals surface area (Å²) in [6.07, 6.45) is 0.708. The molecule has 0 spiro atoms. The molecule has 0 aliphatic rings. The van der Waals surface area contributed by atoms with Gasteiger partial charge in [0.1, 0.15) is 0 Å². The Morgan fingerprint density at radius 1 is 1.33 bits per heavy atom. The zero-order valence-electron chi connectivity index (χ0n) is 8.63. The van der Waals surface area contributed by atoms with E-state index in [4.69, 9.17) is 5.73 Å². The minimum absolute atomic E-state index is 0.0997. The largest absolute Gasteiger partial charge is 0.388 e. The quantitative estimate of drug-likeness (QED) is 0.801. The maximum absolute atomic E-state index is 12.9. The van der Waals surface area contributed by atoms with E-state index in [9.17, 15) is 13.9 Å². The van der Waals surface area contributed by atoms with Crippen LogP contribution < -0.4 is 5.73 Å². The predicted octanol–water partition coefficient (Wildman–Crippen LogP) is 1.61. The van der Waals surface area contributed by atoms with Gasteiger partial charge in [0.15, 0.2) is 11.6 Å². The molecule has 15 heavy (non-hydrogen) atoms. The van der Waals surface area contributed by atoms with Crippen LogP contribution in [0.25, 0.3) is 0 Å². The topological polar surface area (TPSA) is 46.2 Å². The molecule has 1 aromatic carbocycles. The van der Waals surface area contributed by atoms with Gasteiger partial charge in [-0.25, -0.2) is 8.78 Å². The van der Waals surface area contributed by atoms with Crippen LogP contribution in [0.2, 0.25) is 0 Å². The van der Waals surface area contributed by atoms with Crippen molar-refractivity contribution in [2.45, 2.75) is 25.4 Å². The zero-order chi connectivity index (χ0) is 11.5. The summed E-state index contributed by atoms with van der Waals surface area (Å²) in [4.78, 5) is 0. The number of halogens is 2. The van der Waals surface area contributed by atoms with Gasteiger partial charge in [0.2, 0.25) is 0 Å². The van der Waals surface area contributed by atoms with Gasteiger partial charge < -0.3 is 10.8 Å². The van der Waals surface area contributed by atoms with Gasteiger partial charge in [-0.3, -0.25) is 0 Å². The summed E-state index contributed by atoms with van der Waals surface area (Å²) in [6, 6.07) is 3.59. The Bertz CT molecular complexity index is 337. The zero-order valence-corrected chi connectivity index (χ0v) is 8.63. The predicted molar refractivity (Wildman–Crippen MR) is 54.4 cm³/mol. The first-order valence-corrected chi connectivity index (χ1v) is 4.87. The first kappa shape index (κ1) is 12.1. The van der Waals surface area contributed by atoms with Gasteiger partial charge >= 0.3 is 0 Å². The molecular formula is C11H15F2NO. The van der Waals surface area contributed by atoms with E-state index in [0.29, 0.717) is 12.0 Å². The van der Waals surface area contributed by atoms with Crippen LogP contribution in [0.3, 0.4) is 0 Å². The molecule has 84 valence electrons. The summed E-state index contributed by atoms with van der Waals surface area (Å²) in [5, 5.41) is 9.90. The van der Waals surface area contributed by atoms with Crippen molar-refractivity contribution in [2.24, 2.45) is 5.73 Å². The Hall–Kier alpha value is -1.00. The van der Waals surface area contributed by atoms with E-state index < -0.39 is 17.2 Å². The van der Waals surface area contributed by atoms with Crippen LogP contribution in [-0.2, 0) is 6.42 Å². The molecule has 4 heteroatoms. The van der Waals surface area contributed by atoms with Crippen molar-refractivity contribution in [3.63, 3.8) is 0 Å². The molecule has 0 heterocycles. The molecule has 0 aliphatic heterocycles. The lowest BCUT2D eigenvalue weighted by Crippen LogP contribution is -2.39. The molecule has 0 saturated carbocycles. The van der Waals surface area contributed by atoms with Crippen molar-refractivity contribution in [1.82, 2.24) is 0 Å². The Labute approximate surface area is 87.7 Å². The highest BCUT2D eigenvalue weighted by molar-refractivity contribution is 5.19. The van der Waals surface area contributed by atoms with Crippen molar-refractivity contribution in [3.05, 3.63) is 35.4 Å². The molecule has 0 aromatic heterocycles. The maximum Gasteiger partial charge on any atom is 0.159 e. The van der Waals surface area contributed by atoms with Crippen molar-refractivity contribution in [3.8, 4) is 0 Å². The summed E-state index contributed by atoms with van der Waals surface area (Å²) in [6.45, 7) is 1.90. The Kier molecular flexibility index (Phi) is 3.77. The highest BCUT2D eigenvalue weighted by Gasteiger charge is 2.23. The molecule has 3 N–H and O–H groups in total. The van der Waals surface area contributed by atoms with Crippen LogP contribution in [0.1, 0.15) is 18.9 Å². The molecule has 1 atom stereocenters. The molecule has 2 nitrogen and oxygen atoms in total. The molecule has 1 unspecified atom stereocenters. The monoisotopic (exact) mass is 215 g/mol. The van der Waals surface area contributed by atoms with Crippen LogP contribution in [0.4, 0.5) is 8.78 Å². The molecule has 0 fully saturated rings. The van der Waals surface area contributed by atoms with E-state index in [-0.39, 0.29) is 13.0 Å². The Morgan fingerprint density at radius 2 is 2.00 bits per heavy atom. The van der Waals surface area contributed by atoms with Crippen LogP contribution in [0, 0.1) is 11.6 Å². The number of aliphatic hydroxyl groups is 1. The van der Waals surface area contributed by atoms with E-state index in [0.717, 1.165) is 12.1 Å². The average Bonchev–Trinajstić information content (AvgIpc) is 2.23. The third-order valence-electron chi connectivity index (χ3n) is 2.56. The molecule has 0 amide bonds. The lowest BCUT2D eigenvalue weighted by molar-refractivity contribution is 0.0455. The average molecular weight is 215 g/mol. The van der Waals surface area contributed by atoms with Crippen molar-refractivity contribution < 1.29 is 13.9 Å². The molecule has 1 rings (SSSR count). The third-order valence-corrected chi connectivity index (χ3v) is 2.56. The molecule has 0 aliphatic carbocycles. The number of rotatable bonds is 4. The van der Waals surface area contributed by atoms with Crippen molar-refractivity contribution >= 4 is 0 Å². The minimum Gasteiger partial charge on any atom is -0.388 e. The van der Waals surface area contributed by atoms with Crippen LogP contribution in [-0.4, -0.2) is 17.3 Å². The van der Waals surface area contributed by atoms with E-state index >= 15 is 0 Å². The molecular weight excluding hydrogens is 200 g/mol.